The number of anilines is 1. The van der Waals surface area contributed by atoms with Gasteiger partial charge in [0.05, 0.1) is 11.3 Å². The lowest BCUT2D eigenvalue weighted by molar-refractivity contribution is -0.143. The predicted octanol–water partition coefficient (Wildman–Crippen LogP) is 3.67. The smallest absolute Gasteiger partial charge is 0.326 e. The van der Waals surface area contributed by atoms with Crippen molar-refractivity contribution in [1.29, 1.82) is 0 Å². The van der Waals surface area contributed by atoms with Crippen molar-refractivity contribution in [2.45, 2.75) is 58.9 Å². The summed E-state index contributed by atoms with van der Waals surface area (Å²) in [6.45, 7) is 4.79. The number of aliphatic carboxylic acids is 1. The number of aromatic nitrogens is 1. The molecule has 1 unspecified atom stereocenters. The third kappa shape index (κ3) is 5.03. The van der Waals surface area contributed by atoms with E-state index in [1.165, 1.54) is 22.8 Å². The van der Waals surface area contributed by atoms with Crippen molar-refractivity contribution in [1.82, 2.24) is 9.88 Å². The molecule has 1 aromatic carbocycles. The van der Waals surface area contributed by atoms with Gasteiger partial charge in [0, 0.05) is 18.4 Å². The first-order valence-corrected chi connectivity index (χ1v) is 11.3. The molecule has 0 saturated heterocycles. The summed E-state index contributed by atoms with van der Waals surface area (Å²) in [7, 11) is 1.57. The summed E-state index contributed by atoms with van der Waals surface area (Å²) in [5.74, 6) is -4.19. The van der Waals surface area contributed by atoms with Gasteiger partial charge in [-0.1, -0.05) is 19.3 Å². The van der Waals surface area contributed by atoms with E-state index in [1.807, 2.05) is 0 Å². The van der Waals surface area contributed by atoms with Crippen LogP contribution >= 0.6 is 0 Å². The van der Waals surface area contributed by atoms with E-state index in [2.05, 4.69) is 10.6 Å². The molecule has 0 aliphatic heterocycles. The van der Waals surface area contributed by atoms with Crippen molar-refractivity contribution in [3.05, 3.63) is 52.1 Å². The lowest BCUT2D eigenvalue weighted by atomic mass is 9.84. The second-order valence-corrected chi connectivity index (χ2v) is 8.93. The topological polar surface area (TPSA) is 118 Å². The zero-order valence-corrected chi connectivity index (χ0v) is 19.8. The maximum absolute atomic E-state index is 13.5. The molecule has 182 valence electrons. The number of carboxylic acid groups (broad SMARTS) is 1. The quantitative estimate of drug-likeness (QED) is 0.421. The highest BCUT2D eigenvalue weighted by Gasteiger charge is 2.34. The fourth-order valence-electron chi connectivity index (χ4n) is 4.71. The normalized spacial score (nSPS) is 15.0. The first-order chi connectivity index (χ1) is 16.0. The number of carbonyl (C=O) groups is 4. The van der Waals surface area contributed by atoms with Crippen LogP contribution in [0.25, 0.3) is 0 Å². The maximum atomic E-state index is 13.5. The number of Topliss-reactive ketones (excluding diaryl/α,β-unsaturated/α-hetero) is 1. The van der Waals surface area contributed by atoms with Crippen LogP contribution < -0.4 is 10.6 Å². The van der Waals surface area contributed by atoms with Gasteiger partial charge in [-0.3, -0.25) is 14.4 Å². The Morgan fingerprint density at radius 2 is 1.74 bits per heavy atom. The van der Waals surface area contributed by atoms with E-state index in [1.54, 1.807) is 27.8 Å². The van der Waals surface area contributed by atoms with Crippen LogP contribution in [0.5, 0.6) is 0 Å². The van der Waals surface area contributed by atoms with E-state index < -0.39 is 35.4 Å². The molecule has 0 radical (unpaired) electrons. The average Bonchev–Trinajstić information content (AvgIpc) is 3.02. The van der Waals surface area contributed by atoms with E-state index in [4.69, 9.17) is 0 Å². The molecular weight excluding hydrogens is 441 g/mol. The second-order valence-electron chi connectivity index (χ2n) is 8.93. The molecule has 34 heavy (non-hydrogen) atoms. The molecule has 1 aliphatic rings. The highest BCUT2D eigenvalue weighted by atomic mass is 19.1. The van der Waals surface area contributed by atoms with Crippen molar-refractivity contribution in [3.8, 4) is 0 Å². The fourth-order valence-corrected chi connectivity index (χ4v) is 4.71. The van der Waals surface area contributed by atoms with Crippen LogP contribution in [-0.4, -0.2) is 39.3 Å². The van der Waals surface area contributed by atoms with Crippen molar-refractivity contribution in [2.75, 3.05) is 5.32 Å². The van der Waals surface area contributed by atoms with E-state index >= 15 is 0 Å². The Bertz CT molecular complexity index is 1150. The van der Waals surface area contributed by atoms with E-state index in [-0.39, 0.29) is 17.2 Å². The molecule has 2 aromatic rings. The number of hydrogen-bond donors (Lipinski definition) is 3. The van der Waals surface area contributed by atoms with Crippen LogP contribution in [0.3, 0.4) is 0 Å². The Morgan fingerprint density at radius 1 is 1.09 bits per heavy atom. The zero-order valence-electron chi connectivity index (χ0n) is 19.8. The Labute approximate surface area is 197 Å². The summed E-state index contributed by atoms with van der Waals surface area (Å²) < 4.78 is 15.0. The van der Waals surface area contributed by atoms with E-state index in [0.29, 0.717) is 35.3 Å². The highest BCUT2D eigenvalue weighted by molar-refractivity contribution is 6.43. The maximum Gasteiger partial charge on any atom is 0.326 e. The molecule has 1 heterocycles. The molecule has 1 aliphatic carbocycles. The number of nitrogens with zero attached hydrogens (tertiary/aromatic N) is 1. The van der Waals surface area contributed by atoms with Crippen LogP contribution in [0, 0.1) is 32.5 Å². The molecule has 0 bridgehead atoms. The highest BCUT2D eigenvalue weighted by Crippen LogP contribution is 2.27. The van der Waals surface area contributed by atoms with E-state index in [0.717, 1.165) is 19.3 Å². The molecule has 0 spiro atoms. The lowest BCUT2D eigenvalue weighted by Gasteiger charge is -2.27. The molecule has 3 rings (SSSR count). The Kier molecular flexibility index (Phi) is 7.54. The van der Waals surface area contributed by atoms with Crippen molar-refractivity contribution >= 4 is 29.3 Å². The summed E-state index contributed by atoms with van der Waals surface area (Å²) in [6, 6.07) is 3.05. The number of amides is 2. The molecule has 9 heteroatoms. The second kappa shape index (κ2) is 10.2. The van der Waals surface area contributed by atoms with Crippen LogP contribution in [-0.2, 0) is 16.6 Å². The summed E-state index contributed by atoms with van der Waals surface area (Å²) in [5.41, 5.74) is 1.78. The Balaban J connectivity index is 1.83. The van der Waals surface area contributed by atoms with Gasteiger partial charge < -0.3 is 20.3 Å². The van der Waals surface area contributed by atoms with Gasteiger partial charge in [0.25, 0.3) is 17.6 Å². The Hall–Kier alpha value is -3.49. The Morgan fingerprint density at radius 3 is 2.32 bits per heavy atom. The minimum atomic E-state index is -1.16. The summed E-state index contributed by atoms with van der Waals surface area (Å²) in [4.78, 5) is 50.6. The van der Waals surface area contributed by atoms with Gasteiger partial charge in [0.1, 0.15) is 11.9 Å². The number of halogens is 1. The van der Waals surface area contributed by atoms with Crippen LogP contribution in [0.1, 0.15) is 69.8 Å². The number of rotatable bonds is 7. The molecule has 2 amide bonds. The van der Waals surface area contributed by atoms with Crippen molar-refractivity contribution < 1.29 is 28.7 Å². The first-order valence-electron chi connectivity index (χ1n) is 11.3. The monoisotopic (exact) mass is 471 g/mol. The molecule has 1 aromatic heterocycles. The van der Waals surface area contributed by atoms with Gasteiger partial charge >= 0.3 is 5.97 Å². The van der Waals surface area contributed by atoms with Gasteiger partial charge in [-0.2, -0.15) is 0 Å². The number of carboxylic acids is 1. The van der Waals surface area contributed by atoms with Gasteiger partial charge in [0.15, 0.2) is 0 Å². The SMILES string of the molecule is Cc1cc(NC(=O)c2c(C)c(C(=O)C(=O)NC(C(=O)O)C3CCCCC3)n(C)c2C)ccc1F. The molecule has 1 atom stereocenters. The van der Waals surface area contributed by atoms with Gasteiger partial charge in [0.2, 0.25) is 0 Å². The summed E-state index contributed by atoms with van der Waals surface area (Å²) >= 11 is 0. The van der Waals surface area contributed by atoms with Gasteiger partial charge in [-0.15, -0.1) is 0 Å². The zero-order chi connectivity index (χ0) is 25.2. The summed E-state index contributed by atoms with van der Waals surface area (Å²) in [5, 5.41) is 14.7. The lowest BCUT2D eigenvalue weighted by Crippen LogP contribution is -2.49. The number of hydrogen-bond acceptors (Lipinski definition) is 4. The number of ketones is 1. The number of carbonyl (C=O) groups excluding carboxylic acids is 3. The number of nitrogens with one attached hydrogen (secondary N) is 2. The minimum Gasteiger partial charge on any atom is -0.480 e. The summed E-state index contributed by atoms with van der Waals surface area (Å²) in [6.07, 6.45) is 4.17. The molecule has 1 fully saturated rings. The number of aryl methyl sites for hydroxylation is 1. The van der Waals surface area contributed by atoms with Crippen LogP contribution in [0.2, 0.25) is 0 Å². The van der Waals surface area contributed by atoms with Gasteiger partial charge in [-0.05, 0) is 68.9 Å². The van der Waals surface area contributed by atoms with Crippen LogP contribution in [0.15, 0.2) is 18.2 Å². The third-order valence-electron chi connectivity index (χ3n) is 6.67. The number of benzene rings is 1. The molecule has 3 N–H and O–H groups in total. The van der Waals surface area contributed by atoms with Crippen LogP contribution in [0.4, 0.5) is 10.1 Å². The van der Waals surface area contributed by atoms with Crippen molar-refractivity contribution in [2.24, 2.45) is 13.0 Å². The molecule has 1 saturated carbocycles. The van der Waals surface area contributed by atoms with Gasteiger partial charge in [-0.25, -0.2) is 9.18 Å². The van der Waals surface area contributed by atoms with E-state index in [9.17, 15) is 28.7 Å². The molecule has 8 nitrogen and oxygen atoms in total. The third-order valence-corrected chi connectivity index (χ3v) is 6.67. The minimum absolute atomic E-state index is 0.0169. The molecular formula is C25H30FN3O5. The average molecular weight is 472 g/mol. The standard InChI is InChI=1S/C25H30FN3O5/c1-13-12-17(10-11-18(13)26)27-23(31)19-14(2)21(29(4)15(19)3)22(30)24(32)28-20(25(33)34)16-8-6-5-7-9-16/h10-12,16,20H,5-9H2,1-4H3,(H,27,31)(H,28,32)(H,33,34). The fraction of sp³-hybridized carbons (Fsp3) is 0.440. The first kappa shape index (κ1) is 25.1. The van der Waals surface area contributed by atoms with Crippen molar-refractivity contribution in [3.63, 3.8) is 0 Å². The largest absolute Gasteiger partial charge is 0.480 e. The predicted molar refractivity (Wildman–Crippen MR) is 124 cm³/mol.